The molecule has 2 aliphatic rings. The first-order valence-electron chi connectivity index (χ1n) is 7.67. The third kappa shape index (κ3) is 4.04. The fourth-order valence-corrected chi connectivity index (χ4v) is 4.33. The van der Waals surface area contributed by atoms with Crippen molar-refractivity contribution in [1.29, 1.82) is 0 Å². The Hall–Kier alpha value is -1.02. The normalized spacial score (nSPS) is 30.0. The van der Waals surface area contributed by atoms with Gasteiger partial charge in [-0.3, -0.25) is 9.88 Å². The molecular weight excluding hydrogens is 302 g/mol. The Morgan fingerprint density at radius 2 is 2.41 bits per heavy atom. The molecule has 2 atom stereocenters. The van der Waals surface area contributed by atoms with Crippen LogP contribution in [0.25, 0.3) is 0 Å². The largest absolute Gasteiger partial charge is 0.373 e. The molecule has 0 unspecified atom stereocenters. The second-order valence-corrected chi connectivity index (χ2v) is 8.21. The standard InChI is InChI=1S/C15H23N3O3S/c1-22(19,20)17-14-4-8-21-15(9-14)5-7-18(12-15)11-13-3-2-6-16-10-13/h2-3,6,10,14,17H,4-5,7-9,11-12H2,1H3/t14-,15-/m1/s1. The molecule has 22 heavy (non-hydrogen) atoms. The van der Waals surface area contributed by atoms with Crippen molar-refractivity contribution in [2.75, 3.05) is 26.0 Å². The number of nitrogens with zero attached hydrogens (tertiary/aromatic N) is 2. The van der Waals surface area contributed by atoms with E-state index in [0.717, 1.165) is 38.9 Å². The summed E-state index contributed by atoms with van der Waals surface area (Å²) in [6.07, 6.45) is 7.34. The number of nitrogens with one attached hydrogen (secondary N) is 1. The van der Waals surface area contributed by atoms with Crippen LogP contribution in [0.4, 0.5) is 0 Å². The summed E-state index contributed by atoms with van der Waals surface area (Å²) in [7, 11) is -3.16. The summed E-state index contributed by atoms with van der Waals surface area (Å²) in [4.78, 5) is 6.51. The second-order valence-electron chi connectivity index (χ2n) is 6.43. The second kappa shape index (κ2) is 6.23. The Morgan fingerprint density at radius 1 is 1.55 bits per heavy atom. The van der Waals surface area contributed by atoms with Gasteiger partial charge in [0.25, 0.3) is 0 Å². The highest BCUT2D eigenvalue weighted by atomic mass is 32.2. The Kier molecular flexibility index (Phi) is 4.49. The first kappa shape index (κ1) is 15.9. The molecule has 2 saturated heterocycles. The topological polar surface area (TPSA) is 71.5 Å². The molecule has 0 aliphatic carbocycles. The van der Waals surface area contributed by atoms with Gasteiger partial charge in [-0.2, -0.15) is 0 Å². The minimum Gasteiger partial charge on any atom is -0.373 e. The van der Waals surface area contributed by atoms with E-state index in [1.807, 2.05) is 12.3 Å². The Labute approximate surface area is 131 Å². The van der Waals surface area contributed by atoms with Crippen LogP contribution < -0.4 is 4.72 Å². The maximum atomic E-state index is 11.4. The van der Waals surface area contributed by atoms with E-state index in [-0.39, 0.29) is 11.6 Å². The van der Waals surface area contributed by atoms with Crippen molar-refractivity contribution in [1.82, 2.24) is 14.6 Å². The van der Waals surface area contributed by atoms with Gasteiger partial charge in [-0.25, -0.2) is 13.1 Å². The Bertz CT molecular complexity index is 608. The summed E-state index contributed by atoms with van der Waals surface area (Å²) >= 11 is 0. The molecule has 1 N–H and O–H groups in total. The van der Waals surface area contributed by atoms with E-state index in [0.29, 0.717) is 6.61 Å². The molecular formula is C15H23N3O3S. The third-order valence-electron chi connectivity index (χ3n) is 4.40. The van der Waals surface area contributed by atoms with Gasteiger partial charge in [-0.05, 0) is 30.9 Å². The van der Waals surface area contributed by atoms with Crippen molar-refractivity contribution in [3.63, 3.8) is 0 Å². The molecule has 1 aromatic heterocycles. The zero-order valence-electron chi connectivity index (χ0n) is 12.9. The lowest BCUT2D eigenvalue weighted by atomic mass is 9.90. The molecule has 2 fully saturated rings. The van der Waals surface area contributed by atoms with E-state index in [2.05, 4.69) is 20.7 Å². The molecule has 1 spiro atoms. The number of ether oxygens (including phenoxy) is 1. The Balaban J connectivity index is 1.60. The molecule has 122 valence electrons. The minimum atomic E-state index is -3.16. The van der Waals surface area contributed by atoms with Gasteiger partial charge in [-0.15, -0.1) is 0 Å². The van der Waals surface area contributed by atoms with Crippen LogP contribution in [0.2, 0.25) is 0 Å². The third-order valence-corrected chi connectivity index (χ3v) is 5.16. The predicted molar refractivity (Wildman–Crippen MR) is 83.8 cm³/mol. The number of likely N-dealkylation sites (tertiary alicyclic amines) is 1. The van der Waals surface area contributed by atoms with Crippen LogP contribution in [-0.4, -0.2) is 55.9 Å². The monoisotopic (exact) mass is 325 g/mol. The van der Waals surface area contributed by atoms with Gasteiger partial charge in [0.2, 0.25) is 10.0 Å². The molecule has 0 radical (unpaired) electrons. The molecule has 6 nitrogen and oxygen atoms in total. The van der Waals surface area contributed by atoms with Crippen molar-refractivity contribution >= 4 is 10.0 Å². The highest BCUT2D eigenvalue weighted by Gasteiger charge is 2.43. The summed E-state index contributed by atoms with van der Waals surface area (Å²) in [6.45, 7) is 3.31. The van der Waals surface area contributed by atoms with E-state index in [1.54, 1.807) is 6.20 Å². The maximum absolute atomic E-state index is 11.4. The summed E-state index contributed by atoms with van der Waals surface area (Å²) in [6, 6.07) is 4.01. The number of aromatic nitrogens is 1. The van der Waals surface area contributed by atoms with E-state index in [1.165, 1.54) is 11.8 Å². The van der Waals surface area contributed by atoms with Crippen molar-refractivity contribution < 1.29 is 13.2 Å². The van der Waals surface area contributed by atoms with Crippen LogP contribution in [0, 0.1) is 0 Å². The molecule has 0 aromatic carbocycles. The van der Waals surface area contributed by atoms with Crippen LogP contribution in [0.15, 0.2) is 24.5 Å². The van der Waals surface area contributed by atoms with Gasteiger partial charge in [0.1, 0.15) is 0 Å². The Morgan fingerprint density at radius 3 is 3.14 bits per heavy atom. The highest BCUT2D eigenvalue weighted by molar-refractivity contribution is 7.88. The summed E-state index contributed by atoms with van der Waals surface area (Å²) < 4.78 is 31.7. The van der Waals surface area contributed by atoms with Crippen molar-refractivity contribution in [3.8, 4) is 0 Å². The van der Waals surface area contributed by atoms with Gasteiger partial charge in [-0.1, -0.05) is 6.07 Å². The van der Waals surface area contributed by atoms with Gasteiger partial charge in [0.05, 0.1) is 11.9 Å². The summed E-state index contributed by atoms with van der Waals surface area (Å²) in [5, 5.41) is 0. The number of hydrogen-bond donors (Lipinski definition) is 1. The smallest absolute Gasteiger partial charge is 0.208 e. The highest BCUT2D eigenvalue weighted by Crippen LogP contribution is 2.35. The van der Waals surface area contributed by atoms with E-state index in [9.17, 15) is 8.42 Å². The average Bonchev–Trinajstić information content (AvgIpc) is 2.80. The van der Waals surface area contributed by atoms with Gasteiger partial charge in [0, 0.05) is 44.7 Å². The van der Waals surface area contributed by atoms with E-state index >= 15 is 0 Å². The molecule has 2 aliphatic heterocycles. The maximum Gasteiger partial charge on any atom is 0.208 e. The SMILES string of the molecule is CS(=O)(=O)N[C@@H]1CCO[C@]2(CCN(Cc3cccnc3)C2)C1. The van der Waals surface area contributed by atoms with Crippen LogP contribution in [-0.2, 0) is 21.3 Å². The molecule has 0 bridgehead atoms. The zero-order valence-corrected chi connectivity index (χ0v) is 13.7. The van der Waals surface area contributed by atoms with E-state index < -0.39 is 10.0 Å². The van der Waals surface area contributed by atoms with Gasteiger partial charge in [0.15, 0.2) is 0 Å². The zero-order chi connectivity index (χ0) is 15.6. The predicted octanol–water partition coefficient (Wildman–Crippen LogP) is 0.754. The lowest BCUT2D eigenvalue weighted by Gasteiger charge is -2.38. The van der Waals surface area contributed by atoms with Gasteiger partial charge >= 0.3 is 0 Å². The van der Waals surface area contributed by atoms with Crippen LogP contribution in [0.5, 0.6) is 0 Å². The molecule has 3 rings (SSSR count). The number of hydrogen-bond acceptors (Lipinski definition) is 5. The molecule has 3 heterocycles. The average molecular weight is 325 g/mol. The fraction of sp³-hybridized carbons (Fsp3) is 0.667. The fourth-order valence-electron chi connectivity index (χ4n) is 3.53. The van der Waals surface area contributed by atoms with Crippen LogP contribution >= 0.6 is 0 Å². The summed E-state index contributed by atoms with van der Waals surface area (Å²) in [5.74, 6) is 0. The van der Waals surface area contributed by atoms with Crippen molar-refractivity contribution in [2.24, 2.45) is 0 Å². The number of sulfonamides is 1. The van der Waals surface area contributed by atoms with Crippen molar-refractivity contribution in [3.05, 3.63) is 30.1 Å². The first-order valence-corrected chi connectivity index (χ1v) is 9.56. The van der Waals surface area contributed by atoms with Crippen molar-refractivity contribution in [2.45, 2.75) is 37.5 Å². The quantitative estimate of drug-likeness (QED) is 0.885. The number of rotatable bonds is 4. The lowest BCUT2D eigenvalue weighted by Crippen LogP contribution is -2.49. The molecule has 0 amide bonds. The van der Waals surface area contributed by atoms with E-state index in [4.69, 9.17) is 4.74 Å². The lowest BCUT2D eigenvalue weighted by molar-refractivity contribution is -0.0779. The molecule has 0 saturated carbocycles. The molecule has 7 heteroatoms. The number of pyridine rings is 1. The van der Waals surface area contributed by atoms with Gasteiger partial charge < -0.3 is 4.74 Å². The first-order chi connectivity index (χ1) is 10.4. The van der Waals surface area contributed by atoms with Crippen LogP contribution in [0.1, 0.15) is 24.8 Å². The summed E-state index contributed by atoms with van der Waals surface area (Å²) in [5.41, 5.74) is 0.990. The molecule has 1 aromatic rings. The van der Waals surface area contributed by atoms with Crippen LogP contribution in [0.3, 0.4) is 0 Å². The minimum absolute atomic E-state index is 0.0120.